The van der Waals surface area contributed by atoms with Gasteiger partial charge in [-0.25, -0.2) is 0 Å². The second kappa shape index (κ2) is 8.70. The molecule has 0 unspecified atom stereocenters. The Morgan fingerprint density at radius 1 is 0.909 bits per heavy atom. The van der Waals surface area contributed by atoms with Crippen molar-refractivity contribution in [1.29, 1.82) is 0 Å². The molecule has 1 aromatic heterocycles. The first-order chi connectivity index (χ1) is 15.6. The summed E-state index contributed by atoms with van der Waals surface area (Å²) in [6.45, 7) is 10.7. The third kappa shape index (κ3) is 4.61. The van der Waals surface area contributed by atoms with Gasteiger partial charge < -0.3 is 9.88 Å². The van der Waals surface area contributed by atoms with E-state index in [4.69, 9.17) is 0 Å². The van der Waals surface area contributed by atoms with E-state index in [0.717, 1.165) is 27.7 Å². The standard InChI is InChI=1S/C29H30N2O2/c1-19-9-8-12-26(20(19)2)31(28(33)21-13-15-24(16-14-21)29(3,4)5)18-23-17-22-10-6-7-11-25(22)30-27(23)32/h6-17H,18H2,1-5H3,(H,30,32). The van der Waals surface area contributed by atoms with Crippen molar-refractivity contribution in [2.75, 3.05) is 4.90 Å². The van der Waals surface area contributed by atoms with E-state index in [2.05, 4.69) is 25.8 Å². The van der Waals surface area contributed by atoms with Gasteiger partial charge in [0.25, 0.3) is 11.5 Å². The van der Waals surface area contributed by atoms with Crippen molar-refractivity contribution in [2.24, 2.45) is 0 Å². The normalized spacial score (nSPS) is 11.5. The number of amides is 1. The van der Waals surface area contributed by atoms with Crippen LogP contribution in [-0.4, -0.2) is 10.9 Å². The lowest BCUT2D eigenvalue weighted by atomic mass is 9.86. The van der Waals surface area contributed by atoms with E-state index in [1.54, 1.807) is 4.90 Å². The zero-order valence-electron chi connectivity index (χ0n) is 19.9. The number of carbonyl (C=O) groups excluding carboxylic acids is 1. The number of hydrogen-bond donors (Lipinski definition) is 1. The molecule has 1 amide bonds. The SMILES string of the molecule is Cc1cccc(N(Cc2cc3ccccc3[nH]c2=O)C(=O)c2ccc(C(C)(C)C)cc2)c1C. The molecule has 1 heterocycles. The largest absolute Gasteiger partial charge is 0.322 e. The van der Waals surface area contributed by atoms with Gasteiger partial charge in [-0.1, -0.05) is 63.2 Å². The van der Waals surface area contributed by atoms with Crippen molar-refractivity contribution in [3.63, 3.8) is 0 Å². The number of nitrogens with zero attached hydrogens (tertiary/aromatic N) is 1. The molecule has 33 heavy (non-hydrogen) atoms. The summed E-state index contributed by atoms with van der Waals surface area (Å²) in [4.78, 5) is 31.3. The molecule has 4 heteroatoms. The smallest absolute Gasteiger partial charge is 0.258 e. The molecular weight excluding hydrogens is 408 g/mol. The van der Waals surface area contributed by atoms with Crippen LogP contribution in [0.5, 0.6) is 0 Å². The van der Waals surface area contributed by atoms with Crippen LogP contribution in [0, 0.1) is 13.8 Å². The molecule has 0 aliphatic heterocycles. The number of anilines is 1. The Morgan fingerprint density at radius 3 is 2.30 bits per heavy atom. The predicted molar refractivity (Wildman–Crippen MR) is 136 cm³/mol. The number of aromatic amines is 1. The van der Waals surface area contributed by atoms with E-state index in [9.17, 15) is 9.59 Å². The molecule has 4 aromatic rings. The number of para-hydroxylation sites is 1. The van der Waals surface area contributed by atoms with Crippen LogP contribution < -0.4 is 10.5 Å². The van der Waals surface area contributed by atoms with E-state index in [1.165, 1.54) is 5.56 Å². The number of nitrogens with one attached hydrogen (secondary N) is 1. The van der Waals surface area contributed by atoms with Crippen LogP contribution in [0.1, 0.15) is 53.4 Å². The Balaban J connectivity index is 1.79. The summed E-state index contributed by atoms with van der Waals surface area (Å²) in [7, 11) is 0. The average Bonchev–Trinajstić information content (AvgIpc) is 2.79. The lowest BCUT2D eigenvalue weighted by molar-refractivity contribution is 0.0985. The summed E-state index contributed by atoms with van der Waals surface area (Å²) >= 11 is 0. The first kappa shape index (κ1) is 22.5. The van der Waals surface area contributed by atoms with Gasteiger partial charge in [0, 0.05) is 22.3 Å². The number of aryl methyl sites for hydroxylation is 1. The zero-order valence-corrected chi connectivity index (χ0v) is 19.9. The van der Waals surface area contributed by atoms with Crippen LogP contribution in [0.2, 0.25) is 0 Å². The second-order valence-corrected chi connectivity index (χ2v) is 9.65. The van der Waals surface area contributed by atoms with Crippen molar-refractivity contribution < 1.29 is 4.79 Å². The zero-order chi connectivity index (χ0) is 23.8. The van der Waals surface area contributed by atoms with Crippen molar-refractivity contribution in [1.82, 2.24) is 4.98 Å². The molecular formula is C29H30N2O2. The van der Waals surface area contributed by atoms with Crippen LogP contribution >= 0.6 is 0 Å². The first-order valence-electron chi connectivity index (χ1n) is 11.2. The predicted octanol–water partition coefficient (Wildman–Crippen LogP) is 6.29. The Bertz CT molecular complexity index is 1380. The maximum Gasteiger partial charge on any atom is 0.258 e. The monoisotopic (exact) mass is 438 g/mol. The second-order valence-electron chi connectivity index (χ2n) is 9.65. The summed E-state index contributed by atoms with van der Waals surface area (Å²) in [5.74, 6) is -0.128. The van der Waals surface area contributed by atoms with Crippen molar-refractivity contribution in [3.8, 4) is 0 Å². The van der Waals surface area contributed by atoms with E-state index < -0.39 is 0 Å². The summed E-state index contributed by atoms with van der Waals surface area (Å²) in [5, 5.41) is 0.940. The molecule has 0 aliphatic rings. The molecule has 4 rings (SSSR count). The minimum absolute atomic E-state index is 0.00673. The fourth-order valence-corrected chi connectivity index (χ4v) is 4.04. The third-order valence-electron chi connectivity index (χ3n) is 6.27. The lowest BCUT2D eigenvalue weighted by Gasteiger charge is -2.26. The van der Waals surface area contributed by atoms with Crippen LogP contribution in [0.4, 0.5) is 5.69 Å². The van der Waals surface area contributed by atoms with Crippen molar-refractivity contribution in [2.45, 2.75) is 46.6 Å². The van der Waals surface area contributed by atoms with Gasteiger partial charge in [-0.15, -0.1) is 0 Å². The molecule has 0 atom stereocenters. The Labute approximate surface area is 194 Å². The number of rotatable bonds is 4. The minimum Gasteiger partial charge on any atom is -0.322 e. The van der Waals surface area contributed by atoms with Gasteiger partial charge >= 0.3 is 0 Å². The average molecular weight is 439 g/mol. The Morgan fingerprint density at radius 2 is 1.61 bits per heavy atom. The fourth-order valence-electron chi connectivity index (χ4n) is 4.04. The highest BCUT2D eigenvalue weighted by molar-refractivity contribution is 6.06. The van der Waals surface area contributed by atoms with E-state index in [1.807, 2.05) is 86.6 Å². The molecule has 0 spiro atoms. The highest BCUT2D eigenvalue weighted by Gasteiger charge is 2.23. The molecule has 4 nitrogen and oxygen atoms in total. The van der Waals surface area contributed by atoms with Crippen molar-refractivity contribution >= 4 is 22.5 Å². The third-order valence-corrected chi connectivity index (χ3v) is 6.27. The molecule has 0 saturated carbocycles. The van der Waals surface area contributed by atoms with Gasteiger partial charge in [0.1, 0.15) is 0 Å². The molecule has 0 saturated heterocycles. The fraction of sp³-hybridized carbons (Fsp3) is 0.241. The van der Waals surface area contributed by atoms with E-state index >= 15 is 0 Å². The Hall–Kier alpha value is -3.66. The quantitative estimate of drug-likeness (QED) is 0.407. The highest BCUT2D eigenvalue weighted by Crippen LogP contribution is 2.28. The van der Waals surface area contributed by atoms with Gasteiger partial charge in [-0.2, -0.15) is 0 Å². The van der Waals surface area contributed by atoms with Crippen molar-refractivity contribution in [3.05, 3.63) is 111 Å². The summed E-state index contributed by atoms with van der Waals surface area (Å²) in [5.41, 5.74) is 5.86. The number of hydrogen-bond acceptors (Lipinski definition) is 2. The van der Waals surface area contributed by atoms with Crippen LogP contribution in [0.3, 0.4) is 0 Å². The molecule has 0 aliphatic carbocycles. The van der Waals surface area contributed by atoms with Crippen LogP contribution in [0.15, 0.2) is 77.6 Å². The molecule has 168 valence electrons. The van der Waals surface area contributed by atoms with Gasteiger partial charge in [-0.3, -0.25) is 9.59 Å². The molecule has 0 radical (unpaired) electrons. The minimum atomic E-state index is -0.181. The van der Waals surface area contributed by atoms with E-state index in [0.29, 0.717) is 11.1 Å². The molecule has 1 N–H and O–H groups in total. The van der Waals surface area contributed by atoms with Crippen LogP contribution in [-0.2, 0) is 12.0 Å². The number of carbonyl (C=O) groups is 1. The first-order valence-corrected chi connectivity index (χ1v) is 11.2. The molecule has 3 aromatic carbocycles. The van der Waals surface area contributed by atoms with Crippen LogP contribution in [0.25, 0.3) is 10.9 Å². The maximum atomic E-state index is 13.8. The van der Waals surface area contributed by atoms with Gasteiger partial charge in [0.15, 0.2) is 0 Å². The van der Waals surface area contributed by atoms with Gasteiger partial charge in [-0.05, 0) is 71.7 Å². The van der Waals surface area contributed by atoms with E-state index in [-0.39, 0.29) is 23.4 Å². The number of aromatic nitrogens is 1. The molecule has 0 fully saturated rings. The summed E-state index contributed by atoms with van der Waals surface area (Å²) in [6, 6.07) is 23.3. The number of H-pyrrole nitrogens is 1. The number of benzene rings is 3. The highest BCUT2D eigenvalue weighted by atomic mass is 16.2. The summed E-state index contributed by atoms with van der Waals surface area (Å²) in [6.07, 6.45) is 0. The van der Waals surface area contributed by atoms with Gasteiger partial charge in [0.05, 0.1) is 6.54 Å². The molecule has 0 bridgehead atoms. The van der Waals surface area contributed by atoms with Gasteiger partial charge in [0.2, 0.25) is 0 Å². The topological polar surface area (TPSA) is 53.2 Å². The Kier molecular flexibility index (Phi) is 5.94. The number of fused-ring (bicyclic) bond motifs is 1. The summed E-state index contributed by atoms with van der Waals surface area (Å²) < 4.78 is 0. The maximum absolute atomic E-state index is 13.8. The number of pyridine rings is 1. The lowest BCUT2D eigenvalue weighted by Crippen LogP contribution is -2.33.